The number of carbonyl (C=O) groups excluding carboxylic acids is 1. The monoisotopic (exact) mass is 179 g/mol. The predicted molar refractivity (Wildman–Crippen MR) is 44.6 cm³/mol. The summed E-state index contributed by atoms with van der Waals surface area (Å²) in [6.07, 6.45) is 0.568. The molecule has 0 aromatic carbocycles. The Labute approximate surface area is 71.7 Å². The first kappa shape index (κ1) is 10.7. The number of hydrogen-bond donors (Lipinski definition) is 2. The van der Waals surface area contributed by atoms with Crippen LogP contribution >= 0.6 is 11.6 Å². The molecule has 4 heteroatoms. The van der Waals surface area contributed by atoms with Crippen molar-refractivity contribution in [3.8, 4) is 0 Å². The van der Waals surface area contributed by atoms with Gasteiger partial charge in [0.2, 0.25) is 5.91 Å². The fraction of sp³-hybridized carbons (Fsp3) is 0.857. The first-order chi connectivity index (χ1) is 4.98. The number of alkyl halides is 1. The molecule has 0 aliphatic carbocycles. The lowest BCUT2D eigenvalue weighted by Gasteiger charge is -2.14. The fourth-order valence-electron chi connectivity index (χ4n) is 0.491. The van der Waals surface area contributed by atoms with Gasteiger partial charge in [-0.15, -0.1) is 11.6 Å². The van der Waals surface area contributed by atoms with E-state index in [-0.39, 0.29) is 12.5 Å². The molecule has 0 aliphatic rings. The van der Waals surface area contributed by atoms with Crippen molar-refractivity contribution in [2.75, 3.05) is 13.2 Å². The summed E-state index contributed by atoms with van der Waals surface area (Å²) >= 11 is 5.69. The molecule has 0 saturated heterocycles. The molecule has 0 aliphatic heterocycles. The van der Waals surface area contributed by atoms with Gasteiger partial charge in [0.05, 0.1) is 0 Å². The van der Waals surface area contributed by atoms with Gasteiger partial charge >= 0.3 is 0 Å². The van der Waals surface area contributed by atoms with Gasteiger partial charge in [-0.2, -0.15) is 0 Å². The molecule has 66 valence electrons. The Bertz CT molecular complexity index is 131. The van der Waals surface area contributed by atoms with Crippen molar-refractivity contribution in [2.24, 2.45) is 0 Å². The lowest BCUT2D eigenvalue weighted by molar-refractivity contribution is -0.122. The summed E-state index contributed by atoms with van der Waals surface area (Å²) in [5, 5.41) is 11.0. The maximum atomic E-state index is 11.0. The highest BCUT2D eigenvalue weighted by molar-refractivity contribution is 6.34. The Balaban J connectivity index is 3.54. The quantitative estimate of drug-likeness (QED) is 0.488. The zero-order valence-electron chi connectivity index (χ0n) is 6.85. The highest BCUT2D eigenvalue weighted by atomic mass is 35.5. The number of nitrogens with one attached hydrogen (secondary N) is 1. The van der Waals surface area contributed by atoms with E-state index in [1.807, 2.05) is 0 Å². The normalized spacial score (nSPS) is 11.3. The molecule has 0 aromatic heterocycles. The number of aliphatic hydroxyl groups excluding tert-OH is 1. The van der Waals surface area contributed by atoms with Crippen molar-refractivity contribution in [3.05, 3.63) is 0 Å². The maximum absolute atomic E-state index is 11.0. The first-order valence-corrected chi connectivity index (χ1v) is 3.94. The number of amides is 1. The van der Waals surface area contributed by atoms with Gasteiger partial charge < -0.3 is 10.4 Å². The summed E-state index contributed by atoms with van der Waals surface area (Å²) in [7, 11) is 0. The maximum Gasteiger partial charge on any atom is 0.240 e. The molecule has 2 N–H and O–H groups in total. The van der Waals surface area contributed by atoms with Crippen LogP contribution in [-0.4, -0.2) is 29.0 Å². The summed E-state index contributed by atoms with van der Waals surface area (Å²) in [6, 6.07) is 0. The lowest BCUT2D eigenvalue weighted by Crippen LogP contribution is -2.38. The van der Waals surface area contributed by atoms with Crippen LogP contribution in [0.25, 0.3) is 0 Å². The molecular weight excluding hydrogens is 166 g/mol. The molecule has 0 atom stereocenters. The molecule has 0 unspecified atom stereocenters. The highest BCUT2D eigenvalue weighted by Gasteiger charge is 2.22. The van der Waals surface area contributed by atoms with Crippen LogP contribution in [0.2, 0.25) is 0 Å². The number of halogens is 1. The Morgan fingerprint density at radius 3 is 2.55 bits per heavy atom. The summed E-state index contributed by atoms with van der Waals surface area (Å²) in [4.78, 5) is 10.2. The molecule has 0 fully saturated rings. The van der Waals surface area contributed by atoms with E-state index in [1.165, 1.54) is 0 Å². The molecule has 0 rings (SSSR count). The van der Waals surface area contributed by atoms with Gasteiger partial charge in [-0.05, 0) is 20.3 Å². The molecule has 0 spiro atoms. The van der Waals surface area contributed by atoms with Crippen molar-refractivity contribution in [2.45, 2.75) is 25.1 Å². The second-order valence-corrected chi connectivity index (χ2v) is 3.75. The smallest absolute Gasteiger partial charge is 0.240 e. The van der Waals surface area contributed by atoms with E-state index in [9.17, 15) is 4.79 Å². The molecule has 1 amide bonds. The predicted octanol–water partition coefficient (Wildman–Crippen LogP) is 0.502. The van der Waals surface area contributed by atoms with Crippen LogP contribution in [0.4, 0.5) is 0 Å². The minimum atomic E-state index is -0.852. The summed E-state index contributed by atoms with van der Waals surface area (Å²) in [5.74, 6) is -0.201. The summed E-state index contributed by atoms with van der Waals surface area (Å²) in [6.45, 7) is 3.82. The topological polar surface area (TPSA) is 49.3 Å². The standard InChI is InChI=1S/C7H14ClNO2/c1-7(2,8)6(11)9-4-3-5-10/h10H,3-5H2,1-2H3,(H,9,11). The minimum Gasteiger partial charge on any atom is -0.396 e. The van der Waals surface area contributed by atoms with Gasteiger partial charge in [-0.25, -0.2) is 0 Å². The Hall–Kier alpha value is -0.280. The minimum absolute atomic E-state index is 0.0863. The zero-order chi connectivity index (χ0) is 8.91. The number of carbonyl (C=O) groups is 1. The van der Waals surface area contributed by atoms with Crippen LogP contribution in [0, 0.1) is 0 Å². The van der Waals surface area contributed by atoms with E-state index in [2.05, 4.69) is 5.32 Å². The van der Waals surface area contributed by atoms with Crippen molar-refractivity contribution in [1.29, 1.82) is 0 Å². The molecule has 11 heavy (non-hydrogen) atoms. The third-order valence-electron chi connectivity index (χ3n) is 1.16. The van der Waals surface area contributed by atoms with Gasteiger partial charge in [0.25, 0.3) is 0 Å². The molecule has 0 heterocycles. The van der Waals surface area contributed by atoms with Crippen LogP contribution in [0.5, 0.6) is 0 Å². The average molecular weight is 180 g/mol. The van der Waals surface area contributed by atoms with E-state index in [0.29, 0.717) is 13.0 Å². The largest absolute Gasteiger partial charge is 0.396 e. The molecular formula is C7H14ClNO2. The SMILES string of the molecule is CC(C)(Cl)C(=O)NCCCO. The molecule has 0 bridgehead atoms. The van der Waals surface area contributed by atoms with Crippen LogP contribution in [0.3, 0.4) is 0 Å². The van der Waals surface area contributed by atoms with Crippen molar-refractivity contribution in [3.63, 3.8) is 0 Å². The first-order valence-electron chi connectivity index (χ1n) is 3.56. The summed E-state index contributed by atoms with van der Waals surface area (Å²) in [5.41, 5.74) is 0. The fourth-order valence-corrected chi connectivity index (χ4v) is 0.558. The van der Waals surface area contributed by atoms with Gasteiger partial charge in [0, 0.05) is 13.2 Å². The Morgan fingerprint density at radius 1 is 1.64 bits per heavy atom. The van der Waals surface area contributed by atoms with Gasteiger partial charge in [0.15, 0.2) is 0 Å². The zero-order valence-corrected chi connectivity index (χ0v) is 7.61. The van der Waals surface area contributed by atoms with Crippen LogP contribution < -0.4 is 5.32 Å². The van der Waals surface area contributed by atoms with Crippen molar-refractivity contribution < 1.29 is 9.90 Å². The lowest BCUT2D eigenvalue weighted by atomic mass is 10.2. The molecule has 0 radical (unpaired) electrons. The third kappa shape index (κ3) is 5.04. The average Bonchev–Trinajstić information content (AvgIpc) is 1.86. The van der Waals surface area contributed by atoms with Crippen molar-refractivity contribution in [1.82, 2.24) is 5.32 Å². The van der Waals surface area contributed by atoms with Crippen molar-refractivity contribution >= 4 is 17.5 Å². The molecule has 3 nitrogen and oxygen atoms in total. The highest BCUT2D eigenvalue weighted by Crippen LogP contribution is 2.11. The van der Waals surface area contributed by atoms with Gasteiger partial charge in [-0.3, -0.25) is 4.79 Å². The molecule has 0 saturated carbocycles. The Morgan fingerprint density at radius 2 is 2.18 bits per heavy atom. The third-order valence-corrected chi connectivity index (χ3v) is 1.33. The summed E-state index contributed by atoms with van der Waals surface area (Å²) < 4.78 is 0. The van der Waals surface area contributed by atoms with Gasteiger partial charge in [0.1, 0.15) is 4.87 Å². The van der Waals surface area contributed by atoms with Crippen LogP contribution in [0.1, 0.15) is 20.3 Å². The number of rotatable bonds is 4. The van der Waals surface area contributed by atoms with Crippen LogP contribution in [-0.2, 0) is 4.79 Å². The van der Waals surface area contributed by atoms with E-state index < -0.39 is 4.87 Å². The number of hydrogen-bond acceptors (Lipinski definition) is 2. The van der Waals surface area contributed by atoms with E-state index in [1.54, 1.807) is 13.8 Å². The van der Waals surface area contributed by atoms with Gasteiger partial charge in [-0.1, -0.05) is 0 Å². The van der Waals surface area contributed by atoms with E-state index in [0.717, 1.165) is 0 Å². The second-order valence-electron chi connectivity index (χ2n) is 2.81. The van der Waals surface area contributed by atoms with Crippen LogP contribution in [0.15, 0.2) is 0 Å². The second kappa shape index (κ2) is 4.57. The van der Waals surface area contributed by atoms with E-state index in [4.69, 9.17) is 16.7 Å². The molecule has 0 aromatic rings. The number of aliphatic hydroxyl groups is 1. The van der Waals surface area contributed by atoms with E-state index >= 15 is 0 Å². The Kier molecular flexibility index (Phi) is 4.45.